The van der Waals surface area contributed by atoms with Gasteiger partial charge in [0, 0.05) is 31.1 Å². The fraction of sp³-hybridized carbons (Fsp3) is 0.312. The van der Waals surface area contributed by atoms with E-state index in [0.29, 0.717) is 18.7 Å². The number of halogens is 2. The summed E-state index contributed by atoms with van der Waals surface area (Å²) >= 11 is 1.12. The van der Waals surface area contributed by atoms with Gasteiger partial charge in [-0.3, -0.25) is 9.59 Å². The van der Waals surface area contributed by atoms with Crippen molar-refractivity contribution in [1.82, 2.24) is 15.2 Å². The molecule has 1 aromatic carbocycles. The fourth-order valence-corrected chi connectivity index (χ4v) is 3.28. The van der Waals surface area contributed by atoms with Crippen molar-refractivity contribution in [2.75, 3.05) is 13.1 Å². The maximum atomic E-state index is 13.1. The predicted octanol–water partition coefficient (Wildman–Crippen LogP) is 2.59. The van der Waals surface area contributed by atoms with Crippen molar-refractivity contribution in [1.29, 1.82) is 0 Å². The van der Waals surface area contributed by atoms with E-state index in [0.717, 1.165) is 42.4 Å². The highest BCUT2D eigenvalue weighted by Gasteiger charge is 2.23. The van der Waals surface area contributed by atoms with Crippen LogP contribution in [-0.2, 0) is 6.54 Å². The normalized spacial score (nSPS) is 14.0. The number of benzene rings is 1. The van der Waals surface area contributed by atoms with E-state index in [1.165, 1.54) is 5.38 Å². The summed E-state index contributed by atoms with van der Waals surface area (Å²) in [5.74, 6) is -2.06. The molecule has 0 atom stereocenters. The molecule has 1 N–H and O–H groups in total. The predicted molar refractivity (Wildman–Crippen MR) is 84.8 cm³/mol. The number of amides is 2. The molecule has 1 fully saturated rings. The lowest BCUT2D eigenvalue weighted by Gasteiger charge is -2.12. The van der Waals surface area contributed by atoms with Gasteiger partial charge in [-0.15, -0.1) is 11.3 Å². The second-order valence-electron chi connectivity index (χ2n) is 5.50. The second-order valence-corrected chi connectivity index (χ2v) is 6.36. The van der Waals surface area contributed by atoms with Crippen LogP contribution < -0.4 is 5.32 Å². The molecule has 0 unspecified atom stereocenters. The average molecular weight is 351 g/mol. The van der Waals surface area contributed by atoms with Gasteiger partial charge in [0.1, 0.15) is 17.3 Å². The first-order chi connectivity index (χ1) is 11.5. The summed E-state index contributed by atoms with van der Waals surface area (Å²) in [6.45, 7) is 1.40. The first kappa shape index (κ1) is 16.5. The first-order valence-electron chi connectivity index (χ1n) is 7.51. The van der Waals surface area contributed by atoms with Gasteiger partial charge in [0.2, 0.25) is 0 Å². The lowest BCUT2D eigenvalue weighted by atomic mass is 10.2. The Morgan fingerprint density at radius 2 is 1.83 bits per heavy atom. The van der Waals surface area contributed by atoms with E-state index in [1.54, 1.807) is 4.90 Å². The largest absolute Gasteiger partial charge is 0.347 e. The van der Waals surface area contributed by atoms with E-state index < -0.39 is 17.5 Å². The summed E-state index contributed by atoms with van der Waals surface area (Å²) in [6.07, 6.45) is 1.96. The zero-order valence-corrected chi connectivity index (χ0v) is 13.5. The minimum Gasteiger partial charge on any atom is -0.347 e. The van der Waals surface area contributed by atoms with E-state index >= 15 is 0 Å². The Balaban J connectivity index is 1.62. The molecule has 1 saturated heterocycles. The van der Waals surface area contributed by atoms with Crippen molar-refractivity contribution in [2.24, 2.45) is 0 Å². The molecule has 8 heteroatoms. The Morgan fingerprint density at radius 1 is 1.17 bits per heavy atom. The SMILES string of the molecule is O=C(NCc1cc(F)cc(F)c1)c1csc(C(=O)N2CCCC2)n1. The third kappa shape index (κ3) is 3.76. The van der Waals surface area contributed by atoms with Crippen molar-refractivity contribution in [3.05, 3.63) is 51.5 Å². The van der Waals surface area contributed by atoms with Crippen LogP contribution in [0.15, 0.2) is 23.6 Å². The number of rotatable bonds is 4. The number of hydrogen-bond donors (Lipinski definition) is 1. The average Bonchev–Trinajstić information content (AvgIpc) is 3.22. The number of aromatic nitrogens is 1. The molecule has 0 spiro atoms. The zero-order chi connectivity index (χ0) is 17.1. The Kier molecular flexibility index (Phi) is 4.84. The Morgan fingerprint density at radius 3 is 2.50 bits per heavy atom. The van der Waals surface area contributed by atoms with Crippen LogP contribution in [-0.4, -0.2) is 34.8 Å². The molecule has 1 aliphatic rings. The number of likely N-dealkylation sites (tertiary alicyclic amines) is 1. The van der Waals surface area contributed by atoms with E-state index in [1.807, 2.05) is 0 Å². The fourth-order valence-electron chi connectivity index (χ4n) is 2.52. The molecule has 0 aliphatic carbocycles. The molecule has 3 rings (SSSR count). The van der Waals surface area contributed by atoms with Crippen LogP contribution in [0.25, 0.3) is 0 Å². The van der Waals surface area contributed by atoms with Crippen molar-refractivity contribution in [3.8, 4) is 0 Å². The summed E-state index contributed by atoms with van der Waals surface area (Å²) in [5, 5.41) is 4.32. The van der Waals surface area contributed by atoms with Crippen LogP contribution >= 0.6 is 11.3 Å². The third-order valence-electron chi connectivity index (χ3n) is 3.69. The standard InChI is InChI=1S/C16H15F2N3O2S/c17-11-5-10(6-12(18)7-11)8-19-14(22)13-9-24-15(20-13)16(23)21-3-1-2-4-21/h5-7,9H,1-4,8H2,(H,19,22). The van der Waals surface area contributed by atoms with Crippen molar-refractivity contribution >= 4 is 23.2 Å². The van der Waals surface area contributed by atoms with Crippen molar-refractivity contribution in [2.45, 2.75) is 19.4 Å². The Hall–Kier alpha value is -2.35. The van der Waals surface area contributed by atoms with Gasteiger partial charge in [-0.25, -0.2) is 13.8 Å². The van der Waals surface area contributed by atoms with Gasteiger partial charge in [0.05, 0.1) is 0 Å². The minimum absolute atomic E-state index is 0.0273. The first-order valence-corrected chi connectivity index (χ1v) is 8.39. The lowest BCUT2D eigenvalue weighted by molar-refractivity contribution is 0.0792. The quantitative estimate of drug-likeness (QED) is 0.921. The molecule has 0 bridgehead atoms. The smallest absolute Gasteiger partial charge is 0.282 e. The van der Waals surface area contributed by atoms with Gasteiger partial charge >= 0.3 is 0 Å². The molecule has 0 radical (unpaired) electrons. The van der Waals surface area contributed by atoms with E-state index in [-0.39, 0.29) is 23.2 Å². The van der Waals surface area contributed by atoms with Crippen LogP contribution in [0.1, 0.15) is 38.7 Å². The van der Waals surface area contributed by atoms with Crippen LogP contribution in [0.5, 0.6) is 0 Å². The maximum Gasteiger partial charge on any atom is 0.282 e. The van der Waals surface area contributed by atoms with Gasteiger partial charge < -0.3 is 10.2 Å². The van der Waals surface area contributed by atoms with Crippen LogP contribution in [0.3, 0.4) is 0 Å². The zero-order valence-electron chi connectivity index (χ0n) is 12.7. The van der Waals surface area contributed by atoms with Gasteiger partial charge in [-0.05, 0) is 30.5 Å². The van der Waals surface area contributed by atoms with Gasteiger partial charge in [0.15, 0.2) is 5.01 Å². The summed E-state index contributed by atoms with van der Waals surface area (Å²) in [5.41, 5.74) is 0.434. The highest BCUT2D eigenvalue weighted by Crippen LogP contribution is 2.16. The molecule has 1 aliphatic heterocycles. The highest BCUT2D eigenvalue weighted by atomic mass is 32.1. The molecule has 24 heavy (non-hydrogen) atoms. The minimum atomic E-state index is -0.702. The van der Waals surface area contributed by atoms with Crippen molar-refractivity contribution < 1.29 is 18.4 Å². The van der Waals surface area contributed by atoms with Gasteiger partial charge in [0.25, 0.3) is 11.8 Å². The monoisotopic (exact) mass is 351 g/mol. The van der Waals surface area contributed by atoms with Crippen molar-refractivity contribution in [3.63, 3.8) is 0 Å². The summed E-state index contributed by atoms with van der Waals surface area (Å²) in [6, 6.07) is 3.06. The van der Waals surface area contributed by atoms with E-state index in [9.17, 15) is 18.4 Å². The molecule has 2 aromatic rings. The maximum absolute atomic E-state index is 13.1. The van der Waals surface area contributed by atoms with E-state index in [2.05, 4.69) is 10.3 Å². The number of thiazole rings is 1. The van der Waals surface area contributed by atoms with Gasteiger partial charge in [-0.1, -0.05) is 0 Å². The topological polar surface area (TPSA) is 62.3 Å². The summed E-state index contributed by atoms with van der Waals surface area (Å²) in [4.78, 5) is 30.0. The Bertz CT molecular complexity index is 752. The van der Waals surface area contributed by atoms with Crippen LogP contribution in [0.4, 0.5) is 8.78 Å². The molecule has 126 valence electrons. The summed E-state index contributed by atoms with van der Waals surface area (Å²) < 4.78 is 26.2. The van der Waals surface area contributed by atoms with Crippen LogP contribution in [0, 0.1) is 11.6 Å². The molecule has 2 amide bonds. The number of nitrogens with one attached hydrogen (secondary N) is 1. The molecule has 5 nitrogen and oxygen atoms in total. The molecule has 1 aromatic heterocycles. The lowest BCUT2D eigenvalue weighted by Crippen LogP contribution is -2.28. The van der Waals surface area contributed by atoms with Crippen LogP contribution in [0.2, 0.25) is 0 Å². The molecular weight excluding hydrogens is 336 g/mol. The highest BCUT2D eigenvalue weighted by molar-refractivity contribution is 7.11. The van der Waals surface area contributed by atoms with E-state index in [4.69, 9.17) is 0 Å². The van der Waals surface area contributed by atoms with Gasteiger partial charge in [-0.2, -0.15) is 0 Å². The molecule has 0 saturated carbocycles. The Labute approximate surface area is 141 Å². The third-order valence-corrected chi connectivity index (χ3v) is 4.52. The number of carbonyl (C=O) groups excluding carboxylic acids is 2. The second kappa shape index (κ2) is 7.04. The molecular formula is C16H15F2N3O2S. The number of carbonyl (C=O) groups is 2. The summed E-state index contributed by atoms with van der Waals surface area (Å²) in [7, 11) is 0. The molecule has 2 heterocycles. The number of hydrogen-bond acceptors (Lipinski definition) is 4. The number of nitrogens with zero attached hydrogens (tertiary/aromatic N) is 2.